The fourth-order valence-electron chi connectivity index (χ4n) is 2.17. The van der Waals surface area contributed by atoms with Gasteiger partial charge in [-0.05, 0) is 25.1 Å². The summed E-state index contributed by atoms with van der Waals surface area (Å²) in [5.41, 5.74) is 1.04. The van der Waals surface area contributed by atoms with Crippen LogP contribution in [0.1, 0.15) is 20.3 Å². The van der Waals surface area contributed by atoms with Gasteiger partial charge in [0.25, 0.3) is 0 Å². The van der Waals surface area contributed by atoms with E-state index in [4.69, 9.17) is 4.74 Å². The number of benzene rings is 1. The molecule has 0 unspecified atom stereocenters. The zero-order valence-electron chi connectivity index (χ0n) is 14.4. The van der Waals surface area contributed by atoms with Gasteiger partial charge in [-0.2, -0.15) is 5.10 Å². The molecule has 134 valence electrons. The highest BCUT2D eigenvalue weighted by molar-refractivity contribution is 5.95. The molecule has 0 aliphatic carbocycles. The Balaban J connectivity index is 1.97. The molecule has 1 heterocycles. The Morgan fingerprint density at radius 3 is 2.76 bits per heavy atom. The van der Waals surface area contributed by atoms with E-state index in [9.17, 15) is 9.59 Å². The Kier molecular flexibility index (Phi) is 6.33. The van der Waals surface area contributed by atoms with Gasteiger partial charge in [0.05, 0.1) is 19.3 Å². The van der Waals surface area contributed by atoms with Crippen molar-refractivity contribution in [2.24, 2.45) is 0 Å². The van der Waals surface area contributed by atoms with E-state index in [1.807, 2.05) is 6.92 Å². The highest BCUT2D eigenvalue weighted by Crippen LogP contribution is 2.28. The summed E-state index contributed by atoms with van der Waals surface area (Å²) >= 11 is 0. The number of anilines is 2. The van der Waals surface area contributed by atoms with Crippen LogP contribution in [0, 0.1) is 0 Å². The lowest BCUT2D eigenvalue weighted by molar-refractivity contribution is -0.115. The molecule has 0 bridgehead atoms. The number of hydrogen-bond donors (Lipinski definition) is 3. The number of aromatic nitrogens is 3. The van der Waals surface area contributed by atoms with Crippen molar-refractivity contribution in [3.63, 3.8) is 0 Å². The number of methoxy groups -OCH3 is 1. The second-order valence-electron chi connectivity index (χ2n) is 5.43. The van der Waals surface area contributed by atoms with E-state index < -0.39 is 0 Å². The van der Waals surface area contributed by atoms with Crippen LogP contribution < -0.4 is 20.7 Å². The molecule has 1 atom stereocenters. The molecule has 3 N–H and O–H groups in total. The van der Waals surface area contributed by atoms with Crippen LogP contribution in [0.2, 0.25) is 0 Å². The zero-order valence-corrected chi connectivity index (χ0v) is 14.4. The first-order valence-corrected chi connectivity index (χ1v) is 7.89. The van der Waals surface area contributed by atoms with Gasteiger partial charge in [-0.15, -0.1) is 0 Å². The standard InChI is InChI=1S/C16H22N6O3/c1-4-15(23)21-13-7-12(5-6-14(13)25-3)20-16(24)19-11(2)8-22-10-17-9-18-22/h5-7,9-11H,4,8H2,1-3H3,(H,21,23)(H2,19,20,24)/t11-/m0/s1. The van der Waals surface area contributed by atoms with Gasteiger partial charge in [0.1, 0.15) is 18.4 Å². The van der Waals surface area contributed by atoms with Crippen molar-refractivity contribution >= 4 is 23.3 Å². The maximum absolute atomic E-state index is 12.1. The Labute approximate surface area is 145 Å². The third-order valence-corrected chi connectivity index (χ3v) is 3.36. The molecule has 0 radical (unpaired) electrons. The number of hydrogen-bond acceptors (Lipinski definition) is 5. The highest BCUT2D eigenvalue weighted by atomic mass is 16.5. The molecule has 1 aromatic carbocycles. The fourth-order valence-corrected chi connectivity index (χ4v) is 2.17. The van der Waals surface area contributed by atoms with Gasteiger partial charge in [0, 0.05) is 18.2 Å². The van der Waals surface area contributed by atoms with Crippen LogP contribution in [0.25, 0.3) is 0 Å². The van der Waals surface area contributed by atoms with E-state index in [2.05, 4.69) is 26.0 Å². The SMILES string of the molecule is CCC(=O)Nc1cc(NC(=O)N[C@@H](C)Cn2cncn2)ccc1OC. The van der Waals surface area contributed by atoms with Gasteiger partial charge >= 0.3 is 6.03 Å². The van der Waals surface area contributed by atoms with Crippen LogP contribution in [0.5, 0.6) is 5.75 Å². The Morgan fingerprint density at radius 1 is 1.32 bits per heavy atom. The van der Waals surface area contributed by atoms with Crippen molar-refractivity contribution in [2.75, 3.05) is 17.7 Å². The van der Waals surface area contributed by atoms with E-state index in [0.29, 0.717) is 30.1 Å². The van der Waals surface area contributed by atoms with Crippen molar-refractivity contribution in [2.45, 2.75) is 32.9 Å². The third-order valence-electron chi connectivity index (χ3n) is 3.36. The number of nitrogens with one attached hydrogen (secondary N) is 3. The maximum Gasteiger partial charge on any atom is 0.319 e. The number of carbonyl (C=O) groups excluding carboxylic acids is 2. The zero-order chi connectivity index (χ0) is 18.2. The predicted octanol–water partition coefficient (Wildman–Crippen LogP) is 1.85. The van der Waals surface area contributed by atoms with E-state index in [-0.39, 0.29) is 18.0 Å². The summed E-state index contributed by atoms with van der Waals surface area (Å²) in [5.74, 6) is 0.383. The molecular formula is C16H22N6O3. The first-order chi connectivity index (χ1) is 12.0. The molecule has 0 fully saturated rings. The van der Waals surface area contributed by atoms with Gasteiger partial charge in [-0.25, -0.2) is 9.78 Å². The van der Waals surface area contributed by atoms with Crippen LogP contribution >= 0.6 is 0 Å². The number of ether oxygens (including phenoxy) is 1. The van der Waals surface area contributed by atoms with Crippen molar-refractivity contribution in [1.82, 2.24) is 20.1 Å². The third kappa shape index (κ3) is 5.48. The summed E-state index contributed by atoms with van der Waals surface area (Å²) in [4.78, 5) is 27.6. The van der Waals surface area contributed by atoms with Crippen molar-refractivity contribution in [1.29, 1.82) is 0 Å². The van der Waals surface area contributed by atoms with Gasteiger partial charge in [0.15, 0.2) is 0 Å². The summed E-state index contributed by atoms with van der Waals surface area (Å²) in [6, 6.07) is 4.53. The lowest BCUT2D eigenvalue weighted by atomic mass is 10.2. The molecule has 3 amide bonds. The molecule has 2 rings (SSSR count). The average Bonchev–Trinajstić information content (AvgIpc) is 3.07. The number of nitrogens with zero attached hydrogens (tertiary/aromatic N) is 3. The molecular weight excluding hydrogens is 324 g/mol. The monoisotopic (exact) mass is 346 g/mol. The minimum Gasteiger partial charge on any atom is -0.495 e. The van der Waals surface area contributed by atoms with Crippen molar-refractivity contribution in [3.05, 3.63) is 30.9 Å². The lowest BCUT2D eigenvalue weighted by Crippen LogP contribution is -2.38. The molecule has 1 aromatic heterocycles. The summed E-state index contributed by atoms with van der Waals surface area (Å²) in [5, 5.41) is 12.3. The number of urea groups is 1. The fraction of sp³-hybridized carbons (Fsp3) is 0.375. The molecule has 2 aromatic rings. The smallest absolute Gasteiger partial charge is 0.319 e. The Bertz CT molecular complexity index is 717. The Morgan fingerprint density at radius 2 is 2.12 bits per heavy atom. The molecule has 0 aliphatic rings. The molecule has 25 heavy (non-hydrogen) atoms. The van der Waals surface area contributed by atoms with Crippen molar-refractivity contribution < 1.29 is 14.3 Å². The normalized spacial score (nSPS) is 11.5. The molecule has 9 nitrogen and oxygen atoms in total. The van der Waals surface area contributed by atoms with E-state index in [1.165, 1.54) is 13.4 Å². The first kappa shape index (κ1) is 18.2. The molecule has 0 saturated carbocycles. The van der Waals surface area contributed by atoms with Gasteiger partial charge < -0.3 is 20.7 Å². The second kappa shape index (κ2) is 8.67. The van der Waals surface area contributed by atoms with Gasteiger partial charge in [-0.1, -0.05) is 6.92 Å². The Hall–Kier alpha value is -3.10. The summed E-state index contributed by atoms with van der Waals surface area (Å²) in [7, 11) is 1.52. The minimum absolute atomic E-state index is 0.138. The highest BCUT2D eigenvalue weighted by Gasteiger charge is 2.11. The summed E-state index contributed by atoms with van der Waals surface area (Å²) in [6.07, 6.45) is 3.37. The van der Waals surface area contributed by atoms with Crippen LogP contribution in [-0.2, 0) is 11.3 Å². The minimum atomic E-state index is -0.356. The van der Waals surface area contributed by atoms with Crippen LogP contribution in [0.15, 0.2) is 30.9 Å². The molecule has 0 aliphatic heterocycles. The van der Waals surface area contributed by atoms with Gasteiger partial charge in [-0.3, -0.25) is 9.48 Å². The van der Waals surface area contributed by atoms with Gasteiger partial charge in [0.2, 0.25) is 5.91 Å². The number of amides is 3. The molecule has 0 saturated heterocycles. The number of rotatable bonds is 7. The first-order valence-electron chi connectivity index (χ1n) is 7.89. The lowest BCUT2D eigenvalue weighted by Gasteiger charge is -2.16. The van der Waals surface area contributed by atoms with E-state index >= 15 is 0 Å². The van der Waals surface area contributed by atoms with Crippen LogP contribution in [0.3, 0.4) is 0 Å². The van der Waals surface area contributed by atoms with Crippen molar-refractivity contribution in [3.8, 4) is 5.75 Å². The van der Waals surface area contributed by atoms with E-state index in [1.54, 1.807) is 36.1 Å². The topological polar surface area (TPSA) is 110 Å². The van der Waals surface area contributed by atoms with Crippen LogP contribution in [0.4, 0.5) is 16.2 Å². The maximum atomic E-state index is 12.1. The second-order valence-corrected chi connectivity index (χ2v) is 5.43. The molecule has 0 spiro atoms. The predicted molar refractivity (Wildman–Crippen MR) is 93.6 cm³/mol. The van der Waals surface area contributed by atoms with E-state index in [0.717, 1.165) is 0 Å². The average molecular weight is 346 g/mol. The summed E-state index contributed by atoms with van der Waals surface area (Å²) < 4.78 is 6.85. The quantitative estimate of drug-likeness (QED) is 0.708. The largest absolute Gasteiger partial charge is 0.495 e. The molecule has 9 heteroatoms. The summed E-state index contributed by atoms with van der Waals surface area (Å²) in [6.45, 7) is 4.13. The van der Waals surface area contributed by atoms with Crippen LogP contribution in [-0.4, -0.2) is 39.9 Å². The number of carbonyl (C=O) groups is 2.